The second-order valence-electron chi connectivity index (χ2n) is 3.94. The Morgan fingerprint density at radius 3 is 2.59 bits per heavy atom. The zero-order valence-corrected chi connectivity index (χ0v) is 11.0. The molecule has 0 fully saturated rings. The molecule has 0 atom stereocenters. The Kier molecular flexibility index (Phi) is 4.81. The van der Waals surface area contributed by atoms with Crippen LogP contribution in [0.4, 0.5) is 5.69 Å². The van der Waals surface area contributed by atoms with E-state index in [4.69, 9.17) is 22.2 Å². The molecule has 0 N–H and O–H groups in total. The van der Waals surface area contributed by atoms with Crippen LogP contribution in [-0.2, 0) is 4.79 Å². The number of anilines is 1. The van der Waals surface area contributed by atoms with Crippen LogP contribution >= 0.6 is 9.73 Å². The summed E-state index contributed by atoms with van der Waals surface area (Å²) in [5, 5.41) is 0. The van der Waals surface area contributed by atoms with Crippen LogP contribution in [-0.4, -0.2) is 33.9 Å². The van der Waals surface area contributed by atoms with Gasteiger partial charge in [0.2, 0.25) is 13.9 Å². The van der Waals surface area contributed by atoms with Gasteiger partial charge in [0.25, 0.3) is 0 Å². The van der Waals surface area contributed by atoms with Crippen LogP contribution in [0.25, 0.3) is 0 Å². The number of hydrogen-bond acceptors (Lipinski definition) is 1. The predicted molar refractivity (Wildman–Crippen MR) is 77.9 cm³/mol. The quantitative estimate of drug-likeness (QED) is 0.736. The highest BCUT2D eigenvalue weighted by Gasteiger charge is 2.14. The predicted octanol–water partition coefficient (Wildman–Crippen LogP) is 1.86. The summed E-state index contributed by atoms with van der Waals surface area (Å²) in [6, 6.07) is 7.23. The molecule has 0 aromatic heterocycles. The molecule has 0 bridgehead atoms. The van der Waals surface area contributed by atoms with Gasteiger partial charge in [-0.05, 0) is 29.2 Å². The molecule has 0 saturated carbocycles. The largest absolute Gasteiger partial charge is 0.369 e. The minimum atomic E-state index is -1.79. The SMILES string of the molecule is [B]N(C(C)=O)c1cccc(S([B])([B])CCC)c1. The maximum Gasteiger partial charge on any atom is 0.238 e. The number of carbonyl (C=O) groups excluding carboxylic acids is 1. The molecule has 0 aliphatic heterocycles. The summed E-state index contributed by atoms with van der Waals surface area (Å²) in [6.07, 6.45) is 0.922. The maximum absolute atomic E-state index is 11.2. The zero-order valence-electron chi connectivity index (χ0n) is 10.2. The van der Waals surface area contributed by atoms with Gasteiger partial charge in [-0.15, -0.1) is 0 Å². The van der Waals surface area contributed by atoms with E-state index in [1.54, 1.807) is 12.1 Å². The van der Waals surface area contributed by atoms with Crippen LogP contribution in [0.2, 0.25) is 0 Å². The number of nitrogens with zero attached hydrogens (tertiary/aromatic N) is 1. The molecule has 1 rings (SSSR count). The molecule has 6 radical (unpaired) electrons. The second kappa shape index (κ2) is 5.72. The monoisotopic (exact) mass is 241 g/mol. The topological polar surface area (TPSA) is 20.3 Å². The Morgan fingerprint density at radius 2 is 2.06 bits per heavy atom. The molecule has 0 heterocycles. The lowest BCUT2D eigenvalue weighted by Gasteiger charge is -2.33. The first-order valence-corrected chi connectivity index (χ1v) is 7.33. The van der Waals surface area contributed by atoms with E-state index in [0.717, 1.165) is 21.9 Å². The van der Waals surface area contributed by atoms with Crippen molar-refractivity contribution >= 4 is 43.6 Å². The molecular weight excluding hydrogens is 227 g/mol. The average Bonchev–Trinajstić information content (AvgIpc) is 2.28. The van der Waals surface area contributed by atoms with Gasteiger partial charge in [-0.3, -0.25) is 14.5 Å². The van der Waals surface area contributed by atoms with Gasteiger partial charge in [0.15, 0.2) is 0 Å². The molecule has 84 valence electrons. The Morgan fingerprint density at radius 1 is 1.41 bits per heavy atom. The minimum Gasteiger partial charge on any atom is -0.369 e. The van der Waals surface area contributed by atoms with Crippen molar-refractivity contribution in [1.29, 1.82) is 0 Å². The van der Waals surface area contributed by atoms with Crippen LogP contribution in [0, 0.1) is 0 Å². The first-order valence-electron chi connectivity index (χ1n) is 5.40. The van der Waals surface area contributed by atoms with Crippen molar-refractivity contribution in [3.63, 3.8) is 0 Å². The summed E-state index contributed by atoms with van der Waals surface area (Å²) in [7, 11) is 16.1. The van der Waals surface area contributed by atoms with E-state index < -0.39 is 9.73 Å². The Labute approximate surface area is 109 Å². The van der Waals surface area contributed by atoms with Crippen molar-refractivity contribution in [2.45, 2.75) is 25.2 Å². The highest BCUT2D eigenvalue weighted by Crippen LogP contribution is 2.48. The molecule has 0 unspecified atom stereocenters. The number of benzene rings is 1. The van der Waals surface area contributed by atoms with Crippen molar-refractivity contribution in [1.82, 2.24) is 0 Å². The number of hydrogen-bond donors (Lipinski definition) is 0. The van der Waals surface area contributed by atoms with Gasteiger partial charge in [0.1, 0.15) is 14.2 Å². The van der Waals surface area contributed by atoms with Gasteiger partial charge in [-0.25, -0.2) is 0 Å². The number of carbonyl (C=O) groups is 1. The van der Waals surface area contributed by atoms with Crippen LogP contribution in [0.1, 0.15) is 20.3 Å². The van der Waals surface area contributed by atoms with E-state index >= 15 is 0 Å². The third kappa shape index (κ3) is 3.60. The third-order valence-electron chi connectivity index (χ3n) is 2.42. The Balaban J connectivity index is 3.04. The fraction of sp³-hybridized carbons (Fsp3) is 0.364. The summed E-state index contributed by atoms with van der Waals surface area (Å²) in [5.74, 6) is 0.522. The van der Waals surface area contributed by atoms with Crippen molar-refractivity contribution < 1.29 is 4.79 Å². The molecule has 17 heavy (non-hydrogen) atoms. The van der Waals surface area contributed by atoms with E-state index in [1.807, 2.05) is 19.1 Å². The minimum absolute atomic E-state index is 0.229. The Hall–Kier alpha value is -0.765. The van der Waals surface area contributed by atoms with E-state index in [2.05, 4.69) is 0 Å². The van der Waals surface area contributed by atoms with Crippen LogP contribution < -0.4 is 4.81 Å². The van der Waals surface area contributed by atoms with Gasteiger partial charge in [0, 0.05) is 12.6 Å². The van der Waals surface area contributed by atoms with Gasteiger partial charge in [-0.1, -0.05) is 19.1 Å². The highest BCUT2D eigenvalue weighted by atomic mass is 32.3. The summed E-state index contributed by atoms with van der Waals surface area (Å²) in [6.45, 7) is 3.44. The van der Waals surface area contributed by atoms with Crippen molar-refractivity contribution in [3.05, 3.63) is 24.3 Å². The van der Waals surface area contributed by atoms with Gasteiger partial charge in [-0.2, -0.15) is 0 Å². The molecule has 0 saturated heterocycles. The highest BCUT2D eigenvalue weighted by molar-refractivity contribution is 8.64. The first kappa shape index (κ1) is 14.3. The summed E-state index contributed by atoms with van der Waals surface area (Å²) < 4.78 is 0. The number of amides is 1. The first-order chi connectivity index (χ1) is 7.88. The third-order valence-corrected chi connectivity index (χ3v) is 4.63. The lowest BCUT2D eigenvalue weighted by atomic mass is 10.2. The van der Waals surface area contributed by atoms with Crippen LogP contribution in [0.5, 0.6) is 0 Å². The molecule has 0 spiro atoms. The lowest BCUT2D eigenvalue weighted by Crippen LogP contribution is -2.24. The smallest absolute Gasteiger partial charge is 0.238 e. The number of rotatable bonds is 4. The van der Waals surface area contributed by atoms with Gasteiger partial charge >= 0.3 is 0 Å². The summed E-state index contributed by atoms with van der Waals surface area (Å²) in [5.41, 5.74) is 0.610. The fourth-order valence-corrected chi connectivity index (χ4v) is 3.09. The maximum atomic E-state index is 11.2. The zero-order chi connectivity index (χ0) is 13.1. The molecule has 1 aromatic rings. The molecule has 2 nitrogen and oxygen atoms in total. The van der Waals surface area contributed by atoms with Crippen molar-refractivity contribution in [3.8, 4) is 0 Å². The fourth-order valence-electron chi connectivity index (χ4n) is 1.51. The summed E-state index contributed by atoms with van der Waals surface area (Å²) >= 11 is 0. The Bertz CT molecular complexity index is 411. The molecular formula is C11H14B3NOS. The van der Waals surface area contributed by atoms with E-state index in [9.17, 15) is 4.79 Å². The molecule has 1 aromatic carbocycles. The summed E-state index contributed by atoms with van der Waals surface area (Å²) in [4.78, 5) is 13.1. The molecule has 6 heteroatoms. The van der Waals surface area contributed by atoms with E-state index in [0.29, 0.717) is 5.69 Å². The molecule has 0 aliphatic carbocycles. The normalized spacial score (nSPS) is 12.1. The van der Waals surface area contributed by atoms with Gasteiger partial charge < -0.3 is 4.81 Å². The molecule has 1 amide bonds. The second-order valence-corrected chi connectivity index (χ2v) is 6.52. The average molecular weight is 241 g/mol. The standard InChI is InChI=1S/C11H14B3NOS/c1-3-7-17(13,14)11-6-4-5-10(8-11)15(12)9(2)16/h4-6,8H,3,7H2,1-2H3. The molecule has 0 aliphatic rings. The van der Waals surface area contributed by atoms with Crippen LogP contribution in [0.3, 0.4) is 0 Å². The van der Waals surface area contributed by atoms with Gasteiger partial charge in [0.05, 0.1) is 0 Å². The van der Waals surface area contributed by atoms with Crippen molar-refractivity contribution in [2.75, 3.05) is 10.6 Å². The van der Waals surface area contributed by atoms with Crippen LogP contribution in [0.15, 0.2) is 29.2 Å². The van der Waals surface area contributed by atoms with E-state index in [-0.39, 0.29) is 5.91 Å². The van der Waals surface area contributed by atoms with E-state index in [1.165, 1.54) is 6.92 Å². The van der Waals surface area contributed by atoms with Crippen molar-refractivity contribution in [2.24, 2.45) is 0 Å². The lowest BCUT2D eigenvalue weighted by molar-refractivity contribution is -0.115.